The lowest BCUT2D eigenvalue weighted by atomic mass is 10.0. The van der Waals surface area contributed by atoms with E-state index < -0.39 is 0 Å². The van der Waals surface area contributed by atoms with E-state index in [-0.39, 0.29) is 6.10 Å². The molecule has 2 atom stereocenters. The molecule has 0 bridgehead atoms. The lowest BCUT2D eigenvalue weighted by Gasteiger charge is -2.27. The van der Waals surface area contributed by atoms with Gasteiger partial charge in [0.2, 0.25) is 0 Å². The molecular weight excluding hydrogens is 260 g/mol. The van der Waals surface area contributed by atoms with Crippen molar-refractivity contribution in [1.82, 2.24) is 4.98 Å². The topological polar surface area (TPSA) is 45.6 Å². The maximum absolute atomic E-state index is 10.0. The van der Waals surface area contributed by atoms with Gasteiger partial charge in [0, 0.05) is 20.2 Å². The number of aliphatic hydroxyl groups excluding tert-OH is 1. The van der Waals surface area contributed by atoms with E-state index in [1.165, 1.54) is 12.8 Å². The predicted octanol–water partition coefficient (Wildman–Crippen LogP) is 2.52. The largest absolute Gasteiger partial charge is 0.388 e. The fraction of sp³-hybridized carbons (Fsp3) is 0.786. The van der Waals surface area contributed by atoms with Crippen LogP contribution < -0.4 is 4.90 Å². The first kappa shape index (κ1) is 13.3. The van der Waals surface area contributed by atoms with Crippen LogP contribution in [-0.2, 0) is 11.2 Å². The van der Waals surface area contributed by atoms with Crippen molar-refractivity contribution in [3.8, 4) is 0 Å². The summed E-state index contributed by atoms with van der Waals surface area (Å²) in [5, 5.41) is 11.0. The Labute approximate surface area is 118 Å². The second-order valence-corrected chi connectivity index (χ2v) is 6.59. The lowest BCUT2D eigenvalue weighted by Crippen LogP contribution is -2.33. The molecule has 1 saturated heterocycles. The highest BCUT2D eigenvalue weighted by Gasteiger charge is 2.25. The van der Waals surface area contributed by atoms with Gasteiger partial charge in [-0.1, -0.05) is 11.3 Å². The van der Waals surface area contributed by atoms with Gasteiger partial charge < -0.3 is 14.7 Å². The number of thiazole rings is 1. The Hall–Kier alpha value is -0.650. The number of hydrogen-bond acceptors (Lipinski definition) is 5. The average molecular weight is 282 g/mol. The van der Waals surface area contributed by atoms with Crippen LogP contribution in [0.15, 0.2) is 0 Å². The molecule has 2 unspecified atom stereocenters. The molecule has 1 aromatic heterocycles. The van der Waals surface area contributed by atoms with Crippen LogP contribution in [-0.4, -0.2) is 36.4 Å². The molecule has 1 fully saturated rings. The van der Waals surface area contributed by atoms with Gasteiger partial charge in [0.1, 0.15) is 0 Å². The fourth-order valence-corrected chi connectivity index (χ4v) is 3.98. The fourth-order valence-electron chi connectivity index (χ4n) is 2.88. The number of ether oxygens (including phenoxy) is 1. The maximum Gasteiger partial charge on any atom is 0.185 e. The average Bonchev–Trinajstić information content (AvgIpc) is 2.85. The first-order valence-electron chi connectivity index (χ1n) is 7.24. The highest BCUT2D eigenvalue weighted by atomic mass is 32.1. The van der Waals surface area contributed by atoms with Crippen LogP contribution in [0.3, 0.4) is 0 Å². The molecule has 0 amide bonds. The van der Waals surface area contributed by atoms with Gasteiger partial charge in [0.25, 0.3) is 0 Å². The Morgan fingerprint density at radius 3 is 3.00 bits per heavy atom. The maximum atomic E-state index is 10.0. The molecule has 2 aliphatic rings. The molecule has 106 valence electrons. The van der Waals surface area contributed by atoms with Crippen LogP contribution in [0.2, 0.25) is 0 Å². The van der Waals surface area contributed by atoms with E-state index in [1.54, 1.807) is 11.3 Å². The number of aromatic nitrogens is 1. The molecule has 0 radical (unpaired) electrons. The van der Waals surface area contributed by atoms with Crippen molar-refractivity contribution in [3.05, 3.63) is 10.6 Å². The van der Waals surface area contributed by atoms with Gasteiger partial charge >= 0.3 is 0 Å². The van der Waals surface area contributed by atoms with Crippen molar-refractivity contribution in [1.29, 1.82) is 0 Å². The second kappa shape index (κ2) is 5.77. The van der Waals surface area contributed by atoms with E-state index in [1.807, 2.05) is 0 Å². The number of likely N-dealkylation sites (N-methyl/N-ethyl adjacent to an activating group) is 1. The third-order valence-corrected chi connectivity index (χ3v) is 5.30. The summed E-state index contributed by atoms with van der Waals surface area (Å²) in [6, 6.07) is 0. The summed E-state index contributed by atoms with van der Waals surface area (Å²) < 4.78 is 5.78. The molecule has 0 aromatic carbocycles. The first-order valence-corrected chi connectivity index (χ1v) is 8.06. The zero-order valence-corrected chi connectivity index (χ0v) is 12.3. The summed E-state index contributed by atoms with van der Waals surface area (Å²) in [7, 11) is 2.08. The van der Waals surface area contributed by atoms with E-state index in [9.17, 15) is 5.11 Å². The molecule has 4 nitrogen and oxygen atoms in total. The van der Waals surface area contributed by atoms with Gasteiger partial charge in [0.05, 0.1) is 22.8 Å². The number of hydrogen-bond donors (Lipinski definition) is 1. The highest BCUT2D eigenvalue weighted by Crippen LogP contribution is 2.37. The molecule has 1 N–H and O–H groups in total. The van der Waals surface area contributed by atoms with Crippen molar-refractivity contribution < 1.29 is 9.84 Å². The molecule has 5 heteroatoms. The molecular formula is C14H22N2O2S. The van der Waals surface area contributed by atoms with Gasteiger partial charge in [-0.3, -0.25) is 0 Å². The van der Waals surface area contributed by atoms with E-state index in [2.05, 4.69) is 11.9 Å². The van der Waals surface area contributed by atoms with E-state index in [4.69, 9.17) is 9.72 Å². The van der Waals surface area contributed by atoms with Crippen LogP contribution in [0.1, 0.15) is 48.8 Å². The molecule has 2 heterocycles. The van der Waals surface area contributed by atoms with Crippen LogP contribution in [0.5, 0.6) is 0 Å². The molecule has 0 saturated carbocycles. The summed E-state index contributed by atoms with van der Waals surface area (Å²) in [5.74, 6) is 0. The normalized spacial score (nSPS) is 27.1. The van der Waals surface area contributed by atoms with Gasteiger partial charge in [0.15, 0.2) is 5.13 Å². The number of nitrogens with zero attached hydrogens (tertiary/aromatic N) is 2. The zero-order valence-electron chi connectivity index (χ0n) is 11.5. The number of aliphatic hydroxyl groups is 1. The van der Waals surface area contributed by atoms with E-state index in [0.29, 0.717) is 6.10 Å². The number of rotatable bonds is 3. The number of anilines is 1. The predicted molar refractivity (Wildman–Crippen MR) is 76.9 cm³/mol. The zero-order chi connectivity index (χ0) is 13.2. The summed E-state index contributed by atoms with van der Waals surface area (Å²) in [6.45, 7) is 1.80. The van der Waals surface area contributed by atoms with Crippen LogP contribution in [0.4, 0.5) is 5.13 Å². The Bertz CT molecular complexity index is 429. The SMILES string of the molecule is CN(CC1CCCCO1)c1nc2c(s1)C(O)CCC2. The molecule has 1 aliphatic carbocycles. The monoisotopic (exact) mass is 282 g/mol. The Kier molecular flexibility index (Phi) is 4.05. The minimum absolute atomic E-state index is 0.297. The third kappa shape index (κ3) is 2.93. The van der Waals surface area contributed by atoms with Crippen molar-refractivity contribution in [3.63, 3.8) is 0 Å². The summed E-state index contributed by atoms with van der Waals surface area (Å²) in [4.78, 5) is 7.96. The molecule has 19 heavy (non-hydrogen) atoms. The Morgan fingerprint density at radius 1 is 1.37 bits per heavy atom. The minimum Gasteiger partial charge on any atom is -0.388 e. The van der Waals surface area contributed by atoms with Gasteiger partial charge in [-0.25, -0.2) is 4.98 Å². The summed E-state index contributed by atoms with van der Waals surface area (Å²) >= 11 is 1.65. The van der Waals surface area contributed by atoms with Crippen molar-refractivity contribution in [2.75, 3.05) is 25.1 Å². The minimum atomic E-state index is -0.297. The summed E-state index contributed by atoms with van der Waals surface area (Å²) in [5.41, 5.74) is 1.11. The van der Waals surface area contributed by atoms with Crippen molar-refractivity contribution in [2.24, 2.45) is 0 Å². The van der Waals surface area contributed by atoms with Crippen LogP contribution in [0.25, 0.3) is 0 Å². The quantitative estimate of drug-likeness (QED) is 0.925. The third-order valence-electron chi connectivity index (χ3n) is 3.99. The Morgan fingerprint density at radius 2 is 2.26 bits per heavy atom. The molecule has 1 aromatic rings. The highest BCUT2D eigenvalue weighted by molar-refractivity contribution is 7.15. The van der Waals surface area contributed by atoms with Crippen LogP contribution >= 0.6 is 11.3 Å². The standard InChI is InChI=1S/C14H22N2O2S/c1-16(9-10-5-2-3-8-18-10)14-15-11-6-4-7-12(17)13(11)19-14/h10,12,17H,2-9H2,1H3. The van der Waals surface area contributed by atoms with Crippen molar-refractivity contribution in [2.45, 2.75) is 50.7 Å². The molecule has 1 aliphatic heterocycles. The van der Waals surface area contributed by atoms with E-state index in [0.717, 1.165) is 54.5 Å². The Balaban J connectivity index is 1.67. The number of fused-ring (bicyclic) bond motifs is 1. The molecule has 0 spiro atoms. The summed E-state index contributed by atoms with van der Waals surface area (Å²) in [6.07, 6.45) is 6.59. The number of aryl methyl sites for hydroxylation is 1. The van der Waals surface area contributed by atoms with Gasteiger partial charge in [-0.15, -0.1) is 0 Å². The smallest absolute Gasteiger partial charge is 0.185 e. The van der Waals surface area contributed by atoms with Gasteiger partial charge in [-0.05, 0) is 38.5 Å². The lowest BCUT2D eigenvalue weighted by molar-refractivity contribution is 0.0216. The van der Waals surface area contributed by atoms with Crippen LogP contribution in [0, 0.1) is 0 Å². The van der Waals surface area contributed by atoms with Crippen molar-refractivity contribution >= 4 is 16.5 Å². The van der Waals surface area contributed by atoms with E-state index >= 15 is 0 Å². The molecule has 3 rings (SSSR count). The first-order chi connectivity index (χ1) is 9.24. The second-order valence-electron chi connectivity index (χ2n) is 5.58. The van der Waals surface area contributed by atoms with Gasteiger partial charge in [-0.2, -0.15) is 0 Å².